The molecule has 3 nitrogen and oxygen atoms in total. The van der Waals surface area contributed by atoms with E-state index in [-0.39, 0.29) is 5.79 Å². The van der Waals surface area contributed by atoms with E-state index in [2.05, 4.69) is 70.8 Å². The highest BCUT2D eigenvalue weighted by Gasteiger charge is 2.39. The molecule has 0 aliphatic heterocycles. The Morgan fingerprint density at radius 2 is 1.06 bits per heavy atom. The van der Waals surface area contributed by atoms with Crippen LogP contribution in [-0.4, -0.2) is 71.6 Å². The van der Waals surface area contributed by atoms with E-state index in [1.165, 1.54) is 18.1 Å². The van der Waals surface area contributed by atoms with Crippen molar-refractivity contribution in [1.82, 2.24) is 14.7 Å². The molecule has 0 heterocycles. The van der Waals surface area contributed by atoms with Gasteiger partial charge in [0.2, 0.25) is 0 Å². The Hall–Kier alpha value is 0.0969. The van der Waals surface area contributed by atoms with E-state index in [1.54, 1.807) is 0 Å². The number of nitrogens with zero attached hydrogens (tertiary/aromatic N) is 3. The fraction of sp³-hybridized carbons (Fsp3) is 1.00. The van der Waals surface area contributed by atoms with Crippen molar-refractivity contribution >= 4 is 8.80 Å². The summed E-state index contributed by atoms with van der Waals surface area (Å²) >= 11 is 0. The lowest BCUT2D eigenvalue weighted by molar-refractivity contribution is -0.0925. The Morgan fingerprint density at radius 3 is 1.25 bits per heavy atom. The molecule has 0 aromatic rings. The van der Waals surface area contributed by atoms with Gasteiger partial charge in [0.15, 0.2) is 0 Å². The molecule has 98 valence electrons. The van der Waals surface area contributed by atoms with Crippen LogP contribution in [0.15, 0.2) is 0 Å². The van der Waals surface area contributed by atoms with Crippen molar-refractivity contribution in [2.24, 2.45) is 0 Å². The standard InChI is InChI=1S/C12H31N3Si/c1-9-16(10-2)11-12(13(3)4,14(5)6)15(7)8/h16H,9-11H2,1-8H3. The predicted octanol–water partition coefficient (Wildman–Crippen LogP) is 1.59. The molecular weight excluding hydrogens is 214 g/mol. The van der Waals surface area contributed by atoms with Crippen LogP contribution in [-0.2, 0) is 0 Å². The average Bonchev–Trinajstić information content (AvgIpc) is 2.18. The van der Waals surface area contributed by atoms with E-state index in [1.807, 2.05) is 0 Å². The third-order valence-electron chi connectivity index (χ3n) is 3.87. The van der Waals surface area contributed by atoms with Crippen molar-refractivity contribution in [1.29, 1.82) is 0 Å². The van der Waals surface area contributed by atoms with Crippen molar-refractivity contribution in [2.45, 2.75) is 37.8 Å². The first-order valence-electron chi connectivity index (χ1n) is 6.35. The zero-order valence-electron chi connectivity index (χ0n) is 12.5. The molecule has 4 heteroatoms. The Balaban J connectivity index is 5.04. The van der Waals surface area contributed by atoms with Gasteiger partial charge in [-0.25, -0.2) is 0 Å². The van der Waals surface area contributed by atoms with Crippen molar-refractivity contribution in [3.63, 3.8) is 0 Å². The molecule has 0 unspecified atom stereocenters. The van der Waals surface area contributed by atoms with E-state index in [4.69, 9.17) is 0 Å². The first-order valence-corrected chi connectivity index (χ1v) is 8.80. The molecule has 0 N–H and O–H groups in total. The van der Waals surface area contributed by atoms with Crippen LogP contribution in [0.4, 0.5) is 0 Å². The van der Waals surface area contributed by atoms with Gasteiger partial charge in [0.05, 0.1) is 0 Å². The Kier molecular flexibility index (Phi) is 6.78. The van der Waals surface area contributed by atoms with Crippen molar-refractivity contribution < 1.29 is 0 Å². The van der Waals surface area contributed by atoms with Gasteiger partial charge in [-0.05, 0) is 48.3 Å². The average molecular weight is 245 g/mol. The van der Waals surface area contributed by atoms with Crippen LogP contribution in [0.2, 0.25) is 18.1 Å². The van der Waals surface area contributed by atoms with Crippen LogP contribution in [0.5, 0.6) is 0 Å². The first-order chi connectivity index (χ1) is 7.32. The summed E-state index contributed by atoms with van der Waals surface area (Å²) in [6.07, 6.45) is 0. The lowest BCUT2D eigenvalue weighted by atomic mass is 10.3. The Labute approximate surface area is 104 Å². The molecule has 0 atom stereocenters. The van der Waals surface area contributed by atoms with Gasteiger partial charge in [0.25, 0.3) is 0 Å². The second kappa shape index (κ2) is 6.74. The second-order valence-corrected chi connectivity index (χ2v) is 9.12. The van der Waals surface area contributed by atoms with Gasteiger partial charge in [0, 0.05) is 8.80 Å². The zero-order chi connectivity index (χ0) is 12.9. The molecule has 0 radical (unpaired) electrons. The van der Waals surface area contributed by atoms with Crippen LogP contribution in [0.1, 0.15) is 13.8 Å². The summed E-state index contributed by atoms with van der Waals surface area (Å²) in [5.41, 5.74) is 0. The predicted molar refractivity (Wildman–Crippen MR) is 76.7 cm³/mol. The molecule has 0 aliphatic carbocycles. The van der Waals surface area contributed by atoms with Crippen LogP contribution < -0.4 is 0 Å². The number of rotatable bonds is 7. The largest absolute Gasteiger partial charge is 0.279 e. The van der Waals surface area contributed by atoms with Gasteiger partial charge in [0.1, 0.15) is 5.79 Å². The molecule has 0 aromatic carbocycles. The highest BCUT2D eigenvalue weighted by Crippen LogP contribution is 2.27. The van der Waals surface area contributed by atoms with Gasteiger partial charge < -0.3 is 0 Å². The zero-order valence-corrected chi connectivity index (χ0v) is 13.7. The highest BCUT2D eigenvalue weighted by atomic mass is 28.3. The monoisotopic (exact) mass is 245 g/mol. The molecule has 0 rings (SSSR count). The maximum absolute atomic E-state index is 2.36. The van der Waals surface area contributed by atoms with Crippen LogP contribution in [0.25, 0.3) is 0 Å². The number of hydrogen-bond acceptors (Lipinski definition) is 3. The molecule has 0 saturated carbocycles. The molecule has 0 fully saturated rings. The maximum atomic E-state index is 2.36. The van der Waals surface area contributed by atoms with Crippen LogP contribution >= 0.6 is 0 Å². The van der Waals surface area contributed by atoms with Crippen molar-refractivity contribution in [3.8, 4) is 0 Å². The lowest BCUT2D eigenvalue weighted by Gasteiger charge is -2.51. The summed E-state index contributed by atoms with van der Waals surface area (Å²) in [6.45, 7) is 4.71. The Bertz CT molecular complexity index is 167. The molecule has 16 heavy (non-hydrogen) atoms. The summed E-state index contributed by atoms with van der Waals surface area (Å²) < 4.78 is 0. The minimum absolute atomic E-state index is 0.0862. The summed E-state index contributed by atoms with van der Waals surface area (Å²) in [5.74, 6) is 0.0862. The Morgan fingerprint density at radius 1 is 0.750 bits per heavy atom. The summed E-state index contributed by atoms with van der Waals surface area (Å²) in [4.78, 5) is 7.08. The SMILES string of the molecule is CC[SiH](CC)CC(N(C)C)(N(C)C)N(C)C. The van der Waals surface area contributed by atoms with Crippen molar-refractivity contribution in [2.75, 3.05) is 42.3 Å². The fourth-order valence-electron chi connectivity index (χ4n) is 2.71. The summed E-state index contributed by atoms with van der Waals surface area (Å²) in [6, 6.07) is 4.12. The van der Waals surface area contributed by atoms with E-state index in [9.17, 15) is 0 Å². The van der Waals surface area contributed by atoms with Gasteiger partial charge in [-0.3, -0.25) is 14.7 Å². The molecule has 0 bridgehead atoms. The normalized spacial score (nSPS) is 13.5. The highest BCUT2D eigenvalue weighted by molar-refractivity contribution is 6.58. The van der Waals surface area contributed by atoms with Crippen LogP contribution in [0.3, 0.4) is 0 Å². The first kappa shape index (κ1) is 16.1. The van der Waals surface area contributed by atoms with E-state index in [0.29, 0.717) is 0 Å². The fourth-order valence-corrected chi connectivity index (χ4v) is 5.74. The minimum Gasteiger partial charge on any atom is -0.279 e. The molecule has 0 spiro atoms. The van der Waals surface area contributed by atoms with E-state index in [0.717, 1.165) is 0 Å². The van der Waals surface area contributed by atoms with Gasteiger partial charge in [-0.1, -0.05) is 25.9 Å². The van der Waals surface area contributed by atoms with E-state index >= 15 is 0 Å². The lowest BCUT2D eigenvalue weighted by Crippen LogP contribution is -2.65. The molecular formula is C12H31N3Si. The topological polar surface area (TPSA) is 9.72 Å². The summed E-state index contributed by atoms with van der Waals surface area (Å²) in [5, 5.41) is 0. The molecule has 0 aliphatic rings. The summed E-state index contributed by atoms with van der Waals surface area (Å²) in [7, 11) is 12.5. The third kappa shape index (κ3) is 3.29. The minimum atomic E-state index is -0.610. The van der Waals surface area contributed by atoms with Gasteiger partial charge in [-0.15, -0.1) is 0 Å². The number of hydrogen-bond donors (Lipinski definition) is 0. The van der Waals surface area contributed by atoms with Gasteiger partial charge in [-0.2, -0.15) is 0 Å². The molecule has 0 saturated heterocycles. The smallest absolute Gasteiger partial charge is 0.126 e. The van der Waals surface area contributed by atoms with E-state index < -0.39 is 8.80 Å². The van der Waals surface area contributed by atoms with Crippen LogP contribution in [0, 0.1) is 0 Å². The molecule has 0 aromatic heterocycles. The van der Waals surface area contributed by atoms with Gasteiger partial charge >= 0.3 is 0 Å². The second-order valence-electron chi connectivity index (χ2n) is 5.34. The van der Waals surface area contributed by atoms with Crippen molar-refractivity contribution in [3.05, 3.63) is 0 Å². The molecule has 0 amide bonds. The quantitative estimate of drug-likeness (QED) is 0.498. The third-order valence-corrected chi connectivity index (χ3v) is 7.30. The maximum Gasteiger partial charge on any atom is 0.126 e.